The molecule has 1 heterocycles. The monoisotopic (exact) mass is 197 g/mol. The normalized spacial score (nSPS) is 20.4. The zero-order chi connectivity index (χ0) is 10.7. The number of imide groups is 1. The molecule has 2 atom stereocenters. The molecule has 4 nitrogen and oxygen atoms in total. The average Bonchev–Trinajstić information content (AvgIpc) is 2.44. The van der Waals surface area contributed by atoms with Crippen LogP contribution in [0, 0.1) is 5.92 Å². The lowest BCUT2D eigenvalue weighted by Gasteiger charge is -2.16. The van der Waals surface area contributed by atoms with Crippen LogP contribution in [0.3, 0.4) is 0 Å². The van der Waals surface area contributed by atoms with Crippen molar-refractivity contribution in [2.75, 3.05) is 0 Å². The van der Waals surface area contributed by atoms with Crippen molar-refractivity contribution in [2.24, 2.45) is 5.92 Å². The van der Waals surface area contributed by atoms with Crippen LogP contribution in [0.4, 0.5) is 0 Å². The molecule has 2 amide bonds. The van der Waals surface area contributed by atoms with Crippen LogP contribution in [0.25, 0.3) is 0 Å². The minimum Gasteiger partial charge on any atom is -0.393 e. The summed E-state index contributed by atoms with van der Waals surface area (Å²) in [6, 6.07) is 0. The molecular weight excluding hydrogens is 182 g/mol. The summed E-state index contributed by atoms with van der Waals surface area (Å²) in [4.78, 5) is 22.0. The summed E-state index contributed by atoms with van der Waals surface area (Å²) >= 11 is 0. The molecule has 2 unspecified atom stereocenters. The second-order valence-corrected chi connectivity index (χ2v) is 3.64. The van der Waals surface area contributed by atoms with Gasteiger partial charge in [0.05, 0.1) is 6.10 Å². The molecule has 1 rings (SSSR count). The molecule has 2 N–H and O–H groups in total. The number of carbonyl (C=O) groups excluding carboxylic acids is 2. The Morgan fingerprint density at radius 3 is 2.57 bits per heavy atom. The van der Waals surface area contributed by atoms with Gasteiger partial charge < -0.3 is 5.11 Å². The molecule has 1 aliphatic heterocycles. The Balaban J connectivity index is 2.56. The number of carbonyl (C=O) groups is 2. The number of rotatable bonds is 4. The molecule has 0 saturated carbocycles. The maximum atomic E-state index is 11.1. The highest BCUT2D eigenvalue weighted by molar-refractivity contribution is 6.16. The second-order valence-electron chi connectivity index (χ2n) is 3.64. The van der Waals surface area contributed by atoms with Crippen molar-refractivity contribution in [3.05, 3.63) is 11.6 Å². The summed E-state index contributed by atoms with van der Waals surface area (Å²) in [5.41, 5.74) is 0.468. The molecule has 0 spiro atoms. The van der Waals surface area contributed by atoms with Gasteiger partial charge in [0.2, 0.25) is 0 Å². The number of aliphatic hydroxyl groups is 1. The van der Waals surface area contributed by atoms with Crippen LogP contribution in [-0.2, 0) is 9.59 Å². The lowest BCUT2D eigenvalue weighted by Crippen LogP contribution is -2.24. The first-order valence-corrected chi connectivity index (χ1v) is 4.78. The number of amides is 2. The number of hydrogen-bond acceptors (Lipinski definition) is 3. The maximum Gasteiger partial charge on any atom is 0.254 e. The van der Waals surface area contributed by atoms with E-state index < -0.39 is 6.10 Å². The summed E-state index contributed by atoms with van der Waals surface area (Å²) < 4.78 is 0. The van der Waals surface area contributed by atoms with Crippen molar-refractivity contribution < 1.29 is 14.7 Å². The fourth-order valence-corrected chi connectivity index (χ4v) is 1.49. The van der Waals surface area contributed by atoms with E-state index in [9.17, 15) is 14.7 Å². The van der Waals surface area contributed by atoms with Crippen LogP contribution in [0.15, 0.2) is 11.6 Å². The highest BCUT2D eigenvalue weighted by atomic mass is 16.3. The van der Waals surface area contributed by atoms with Crippen molar-refractivity contribution in [3.8, 4) is 0 Å². The Kier molecular flexibility index (Phi) is 3.41. The van der Waals surface area contributed by atoms with Crippen molar-refractivity contribution in [2.45, 2.75) is 32.8 Å². The van der Waals surface area contributed by atoms with E-state index in [0.29, 0.717) is 18.4 Å². The molecule has 0 saturated heterocycles. The molecule has 0 aromatic carbocycles. The largest absolute Gasteiger partial charge is 0.393 e. The van der Waals surface area contributed by atoms with E-state index in [2.05, 4.69) is 5.32 Å². The first-order valence-electron chi connectivity index (χ1n) is 4.78. The van der Waals surface area contributed by atoms with E-state index in [1.807, 2.05) is 13.8 Å². The number of aliphatic hydroxyl groups excluding tert-OH is 1. The minimum absolute atomic E-state index is 0.00269. The first kappa shape index (κ1) is 10.9. The second kappa shape index (κ2) is 4.37. The van der Waals surface area contributed by atoms with Crippen LogP contribution < -0.4 is 5.32 Å². The molecule has 78 valence electrons. The Morgan fingerprint density at radius 1 is 1.50 bits per heavy atom. The lowest BCUT2D eigenvalue weighted by atomic mass is 9.94. The van der Waals surface area contributed by atoms with E-state index in [1.54, 1.807) is 0 Å². The molecule has 1 aliphatic rings. The van der Waals surface area contributed by atoms with E-state index >= 15 is 0 Å². The van der Waals surface area contributed by atoms with Crippen LogP contribution in [0.5, 0.6) is 0 Å². The molecule has 0 radical (unpaired) electrons. The van der Waals surface area contributed by atoms with Gasteiger partial charge in [-0.15, -0.1) is 0 Å². The van der Waals surface area contributed by atoms with E-state index in [4.69, 9.17) is 0 Å². The minimum atomic E-state index is -0.417. The fraction of sp³-hybridized carbons (Fsp3) is 0.600. The van der Waals surface area contributed by atoms with Gasteiger partial charge in [0.1, 0.15) is 0 Å². The summed E-state index contributed by atoms with van der Waals surface area (Å²) in [6.45, 7) is 3.75. The van der Waals surface area contributed by atoms with Gasteiger partial charge in [0.25, 0.3) is 11.8 Å². The molecule has 0 bridgehead atoms. The van der Waals surface area contributed by atoms with Gasteiger partial charge in [-0.2, -0.15) is 0 Å². The van der Waals surface area contributed by atoms with Crippen LogP contribution in [0.1, 0.15) is 26.7 Å². The van der Waals surface area contributed by atoms with Crippen molar-refractivity contribution in [3.63, 3.8) is 0 Å². The highest BCUT2D eigenvalue weighted by Gasteiger charge is 2.24. The van der Waals surface area contributed by atoms with Gasteiger partial charge in [0, 0.05) is 11.6 Å². The van der Waals surface area contributed by atoms with Gasteiger partial charge in [-0.3, -0.25) is 14.9 Å². The van der Waals surface area contributed by atoms with Crippen molar-refractivity contribution in [1.29, 1.82) is 0 Å². The molecular formula is C10H15NO3. The smallest absolute Gasteiger partial charge is 0.254 e. The first-order chi connectivity index (χ1) is 6.54. The van der Waals surface area contributed by atoms with Gasteiger partial charge in [-0.25, -0.2) is 0 Å². The predicted octanol–water partition coefficient (Wildman–Crippen LogP) is 0.366. The van der Waals surface area contributed by atoms with E-state index in [-0.39, 0.29) is 17.7 Å². The van der Waals surface area contributed by atoms with Crippen LogP contribution >= 0.6 is 0 Å². The standard InChI is InChI=1S/C10H15NO3/c1-3-8(12)6(2)4-7-5-9(13)11-10(7)14/h5-6,8,12H,3-4H2,1-2H3,(H,11,13,14). The molecule has 0 aromatic rings. The number of hydrogen-bond donors (Lipinski definition) is 2. The zero-order valence-electron chi connectivity index (χ0n) is 8.41. The SMILES string of the molecule is CCC(O)C(C)CC1=CC(=O)NC1=O. The van der Waals surface area contributed by atoms with Gasteiger partial charge in [-0.1, -0.05) is 13.8 Å². The third-order valence-corrected chi connectivity index (χ3v) is 2.45. The molecule has 14 heavy (non-hydrogen) atoms. The van der Waals surface area contributed by atoms with Crippen LogP contribution in [-0.4, -0.2) is 23.0 Å². The third-order valence-electron chi connectivity index (χ3n) is 2.45. The molecule has 0 fully saturated rings. The van der Waals surface area contributed by atoms with Crippen LogP contribution in [0.2, 0.25) is 0 Å². The van der Waals surface area contributed by atoms with Crippen molar-refractivity contribution >= 4 is 11.8 Å². The Morgan fingerprint density at radius 2 is 2.14 bits per heavy atom. The fourth-order valence-electron chi connectivity index (χ4n) is 1.49. The summed E-state index contributed by atoms with van der Waals surface area (Å²) in [5, 5.41) is 11.7. The summed E-state index contributed by atoms with van der Waals surface area (Å²) in [7, 11) is 0. The van der Waals surface area contributed by atoms with Gasteiger partial charge >= 0.3 is 0 Å². The highest BCUT2D eigenvalue weighted by Crippen LogP contribution is 2.19. The topological polar surface area (TPSA) is 66.4 Å². The summed E-state index contributed by atoms with van der Waals surface area (Å²) in [6.07, 6.45) is 2.00. The van der Waals surface area contributed by atoms with E-state index in [0.717, 1.165) is 0 Å². The van der Waals surface area contributed by atoms with Gasteiger partial charge in [0.15, 0.2) is 0 Å². The molecule has 0 aromatic heterocycles. The lowest BCUT2D eigenvalue weighted by molar-refractivity contribution is -0.123. The Bertz CT molecular complexity index is 283. The summed E-state index contributed by atoms with van der Waals surface area (Å²) in [5.74, 6) is -0.684. The quantitative estimate of drug-likeness (QED) is 0.640. The molecule has 4 heteroatoms. The Hall–Kier alpha value is -1.16. The predicted molar refractivity (Wildman–Crippen MR) is 51.3 cm³/mol. The zero-order valence-corrected chi connectivity index (χ0v) is 8.41. The average molecular weight is 197 g/mol. The van der Waals surface area contributed by atoms with Gasteiger partial charge in [-0.05, 0) is 18.8 Å². The van der Waals surface area contributed by atoms with Crippen molar-refractivity contribution in [1.82, 2.24) is 5.32 Å². The number of nitrogens with one attached hydrogen (secondary N) is 1. The van der Waals surface area contributed by atoms with E-state index in [1.165, 1.54) is 6.08 Å². The third kappa shape index (κ3) is 2.42. The Labute approximate surface area is 83.0 Å². The maximum absolute atomic E-state index is 11.1. The molecule has 0 aliphatic carbocycles.